The molecule has 0 saturated heterocycles. The van der Waals surface area contributed by atoms with E-state index in [9.17, 15) is 9.90 Å². The summed E-state index contributed by atoms with van der Waals surface area (Å²) in [7, 11) is 1.64. The minimum absolute atomic E-state index is 0.0901. The van der Waals surface area contributed by atoms with Gasteiger partial charge in [0.2, 0.25) is 0 Å². The first kappa shape index (κ1) is 20.0. The molecule has 5 nitrogen and oxygen atoms in total. The Morgan fingerprint density at radius 1 is 1.27 bits per heavy atom. The highest BCUT2D eigenvalue weighted by molar-refractivity contribution is 6.23. The normalized spacial score (nSPS) is 18.3. The lowest BCUT2D eigenvalue weighted by Crippen LogP contribution is -2.24. The van der Waals surface area contributed by atoms with Gasteiger partial charge in [0.15, 0.2) is 5.78 Å². The van der Waals surface area contributed by atoms with E-state index in [1.54, 1.807) is 7.11 Å². The van der Waals surface area contributed by atoms with Crippen LogP contribution in [-0.2, 0) is 9.63 Å². The molecule has 1 N–H and O–H groups in total. The number of carbonyl (C=O) groups excluding carboxylic acids is 1. The van der Waals surface area contributed by atoms with E-state index in [1.165, 1.54) is 0 Å². The lowest BCUT2D eigenvalue weighted by Gasteiger charge is -2.27. The monoisotopic (exact) mass is 359 g/mol. The van der Waals surface area contributed by atoms with Crippen molar-refractivity contribution in [1.82, 2.24) is 0 Å². The van der Waals surface area contributed by atoms with Crippen LogP contribution in [0, 0.1) is 13.8 Å². The van der Waals surface area contributed by atoms with E-state index in [0.717, 1.165) is 28.9 Å². The summed E-state index contributed by atoms with van der Waals surface area (Å²) in [5.41, 5.74) is 4.06. The number of nitrogens with zero attached hydrogens (tertiary/aromatic N) is 1. The van der Waals surface area contributed by atoms with Crippen LogP contribution in [0.15, 0.2) is 28.6 Å². The minimum Gasteiger partial charge on any atom is -0.511 e. The topological polar surface area (TPSA) is 68.1 Å². The number of aliphatic hydroxyl groups excluding tert-OH is 1. The largest absolute Gasteiger partial charge is 0.511 e. The zero-order valence-corrected chi connectivity index (χ0v) is 16.4. The number of carbonyl (C=O) groups is 1. The molecule has 0 aromatic heterocycles. The molecule has 1 unspecified atom stereocenters. The number of ether oxygens (including phenoxy) is 1. The first-order valence-corrected chi connectivity index (χ1v) is 9.22. The summed E-state index contributed by atoms with van der Waals surface area (Å²) in [5, 5.41) is 14.7. The van der Waals surface area contributed by atoms with Crippen molar-refractivity contribution in [2.75, 3.05) is 13.7 Å². The number of hydrogen-bond donors (Lipinski definition) is 1. The molecule has 0 amide bonds. The van der Waals surface area contributed by atoms with Crippen LogP contribution >= 0.6 is 0 Å². The molecule has 5 heteroatoms. The Labute approximate surface area is 155 Å². The van der Waals surface area contributed by atoms with Crippen LogP contribution in [0.25, 0.3) is 0 Å². The number of aryl methyl sites for hydroxylation is 2. The van der Waals surface area contributed by atoms with Gasteiger partial charge in [-0.15, -0.1) is 0 Å². The summed E-state index contributed by atoms with van der Waals surface area (Å²) in [5.74, 6) is 0.679. The van der Waals surface area contributed by atoms with Gasteiger partial charge in [-0.3, -0.25) is 4.79 Å². The number of oxime groups is 1. The van der Waals surface area contributed by atoms with Crippen molar-refractivity contribution < 1.29 is 19.5 Å². The average Bonchev–Trinajstić information content (AvgIpc) is 2.58. The molecule has 0 aliphatic heterocycles. The Morgan fingerprint density at radius 3 is 2.58 bits per heavy atom. The third-order valence-electron chi connectivity index (χ3n) is 4.64. The van der Waals surface area contributed by atoms with Gasteiger partial charge in [-0.25, -0.2) is 0 Å². The molecule has 0 bridgehead atoms. The number of ketones is 1. The van der Waals surface area contributed by atoms with Crippen molar-refractivity contribution in [1.29, 1.82) is 0 Å². The van der Waals surface area contributed by atoms with Crippen LogP contribution in [0.2, 0.25) is 0 Å². The molecule has 26 heavy (non-hydrogen) atoms. The molecule has 0 spiro atoms. The molecular formula is C21H29NO4. The number of rotatable bonds is 7. The van der Waals surface area contributed by atoms with E-state index < -0.39 is 0 Å². The van der Waals surface area contributed by atoms with Crippen LogP contribution in [0.4, 0.5) is 0 Å². The van der Waals surface area contributed by atoms with E-state index in [1.807, 2.05) is 33.8 Å². The second kappa shape index (κ2) is 8.88. The van der Waals surface area contributed by atoms with Crippen LogP contribution in [0.5, 0.6) is 5.75 Å². The third-order valence-corrected chi connectivity index (χ3v) is 4.64. The predicted molar refractivity (Wildman–Crippen MR) is 103 cm³/mol. The van der Waals surface area contributed by atoms with Crippen molar-refractivity contribution in [2.45, 2.75) is 59.3 Å². The number of Topliss-reactive ketones (excluding diaryl/α,β-unsaturated/α-hetero) is 1. The zero-order valence-electron chi connectivity index (χ0n) is 16.4. The van der Waals surface area contributed by atoms with Gasteiger partial charge in [0.25, 0.3) is 0 Å². The Morgan fingerprint density at radius 2 is 2.00 bits per heavy atom. The fourth-order valence-electron chi connectivity index (χ4n) is 3.65. The van der Waals surface area contributed by atoms with Crippen LogP contribution in [-0.4, -0.2) is 30.3 Å². The first-order chi connectivity index (χ1) is 12.4. The van der Waals surface area contributed by atoms with Crippen LogP contribution in [0.1, 0.15) is 62.1 Å². The number of allylic oxidation sites excluding steroid dienone is 2. The molecule has 1 aliphatic rings. The Balaban J connectivity index is 2.41. The average molecular weight is 359 g/mol. The Kier molecular flexibility index (Phi) is 6.83. The summed E-state index contributed by atoms with van der Waals surface area (Å²) in [4.78, 5) is 18.0. The number of hydrogen-bond acceptors (Lipinski definition) is 5. The molecule has 2 rings (SSSR count). The van der Waals surface area contributed by atoms with Gasteiger partial charge in [-0.2, -0.15) is 0 Å². The Hall–Kier alpha value is -2.30. The van der Waals surface area contributed by atoms with Crippen molar-refractivity contribution in [3.63, 3.8) is 0 Å². The molecule has 0 radical (unpaired) electrons. The highest BCUT2D eigenvalue weighted by atomic mass is 16.6. The minimum atomic E-state index is -0.100. The zero-order chi connectivity index (χ0) is 19.3. The van der Waals surface area contributed by atoms with Gasteiger partial charge in [0.05, 0.1) is 18.4 Å². The molecule has 1 aromatic carbocycles. The molecule has 1 aromatic rings. The predicted octanol–water partition coefficient (Wildman–Crippen LogP) is 4.76. The maximum Gasteiger partial charge on any atom is 0.168 e. The van der Waals surface area contributed by atoms with E-state index in [-0.39, 0.29) is 17.5 Å². The molecule has 0 saturated carbocycles. The molecule has 0 heterocycles. The lowest BCUT2D eigenvalue weighted by atomic mass is 9.79. The van der Waals surface area contributed by atoms with Crippen LogP contribution in [0.3, 0.4) is 0 Å². The number of aliphatic hydroxyl groups is 1. The van der Waals surface area contributed by atoms with Gasteiger partial charge < -0.3 is 14.7 Å². The maximum atomic E-state index is 12.9. The molecule has 1 atom stereocenters. The van der Waals surface area contributed by atoms with E-state index >= 15 is 0 Å². The molecular weight excluding hydrogens is 330 g/mol. The first-order valence-electron chi connectivity index (χ1n) is 9.22. The highest BCUT2D eigenvalue weighted by Gasteiger charge is 2.33. The SMILES string of the molecule is CCC/C(=N\OCC)C1=C(O)CC(c2c(C)cc(C)cc2OC)CC1=O. The van der Waals surface area contributed by atoms with E-state index in [0.29, 0.717) is 37.2 Å². The smallest absolute Gasteiger partial charge is 0.168 e. The van der Waals surface area contributed by atoms with Gasteiger partial charge >= 0.3 is 0 Å². The summed E-state index contributed by atoms with van der Waals surface area (Å²) in [6.07, 6.45) is 2.15. The number of benzene rings is 1. The van der Waals surface area contributed by atoms with E-state index in [4.69, 9.17) is 9.57 Å². The summed E-state index contributed by atoms with van der Waals surface area (Å²) >= 11 is 0. The third kappa shape index (κ3) is 4.26. The standard InChI is InChI=1S/C21H29NO4/c1-6-8-16(22-26-7-2)21-17(23)11-15(12-18(21)24)20-14(4)9-13(3)10-19(20)25-5/h9-10,15,23H,6-8,11-12H2,1-5H3/b22-16+. The summed E-state index contributed by atoms with van der Waals surface area (Å²) in [6, 6.07) is 4.06. The van der Waals surface area contributed by atoms with Gasteiger partial charge in [0, 0.05) is 24.3 Å². The van der Waals surface area contributed by atoms with Gasteiger partial charge in [-0.05, 0) is 44.4 Å². The second-order valence-corrected chi connectivity index (χ2v) is 6.75. The maximum absolute atomic E-state index is 12.9. The molecule has 0 fully saturated rings. The van der Waals surface area contributed by atoms with Crippen molar-refractivity contribution in [3.05, 3.63) is 40.2 Å². The molecule has 1 aliphatic carbocycles. The fraction of sp³-hybridized carbons (Fsp3) is 0.524. The highest BCUT2D eigenvalue weighted by Crippen LogP contribution is 2.40. The Bertz CT molecular complexity index is 734. The summed E-state index contributed by atoms with van der Waals surface area (Å²) in [6.45, 7) is 8.31. The van der Waals surface area contributed by atoms with E-state index in [2.05, 4.69) is 11.2 Å². The van der Waals surface area contributed by atoms with Gasteiger partial charge in [0.1, 0.15) is 18.1 Å². The van der Waals surface area contributed by atoms with Crippen LogP contribution < -0.4 is 4.74 Å². The lowest BCUT2D eigenvalue weighted by molar-refractivity contribution is -0.116. The fourth-order valence-corrected chi connectivity index (χ4v) is 3.65. The summed E-state index contributed by atoms with van der Waals surface area (Å²) < 4.78 is 5.54. The second-order valence-electron chi connectivity index (χ2n) is 6.75. The van der Waals surface area contributed by atoms with Crippen molar-refractivity contribution in [3.8, 4) is 5.75 Å². The quantitative estimate of drug-likeness (QED) is 0.563. The van der Waals surface area contributed by atoms with Gasteiger partial charge in [-0.1, -0.05) is 24.6 Å². The molecule has 142 valence electrons. The van der Waals surface area contributed by atoms with Crippen molar-refractivity contribution in [2.24, 2.45) is 5.16 Å². The number of methoxy groups -OCH3 is 1. The van der Waals surface area contributed by atoms with Crippen molar-refractivity contribution >= 4 is 11.5 Å².